The fraction of sp³-hybridized carbons (Fsp3) is 0.250. The van der Waals surface area contributed by atoms with E-state index in [2.05, 4.69) is 20.6 Å². The van der Waals surface area contributed by atoms with Crippen LogP contribution < -0.4 is 5.32 Å². The summed E-state index contributed by atoms with van der Waals surface area (Å²) in [6, 6.07) is 7.58. The van der Waals surface area contributed by atoms with Crippen molar-refractivity contribution in [2.24, 2.45) is 5.10 Å². The van der Waals surface area contributed by atoms with E-state index in [1.54, 1.807) is 16.4 Å². The lowest BCUT2D eigenvalue weighted by Gasteiger charge is -2.11. The van der Waals surface area contributed by atoms with Crippen LogP contribution in [0.2, 0.25) is 5.02 Å². The summed E-state index contributed by atoms with van der Waals surface area (Å²) in [5, 5.41) is 17.6. The molecule has 1 aliphatic rings. The van der Waals surface area contributed by atoms with Crippen molar-refractivity contribution in [3.63, 3.8) is 0 Å². The quantitative estimate of drug-likeness (QED) is 0.945. The SMILES string of the molecule is CC1=Nn2c(CNc3cccc(Cl)c3)nnc2SC1. The maximum absolute atomic E-state index is 5.94. The van der Waals surface area contributed by atoms with E-state index in [1.807, 2.05) is 31.2 Å². The number of halogens is 1. The molecule has 7 heteroatoms. The van der Waals surface area contributed by atoms with Gasteiger partial charge < -0.3 is 5.32 Å². The van der Waals surface area contributed by atoms with Gasteiger partial charge in [-0.05, 0) is 25.1 Å². The molecule has 0 unspecified atom stereocenters. The third kappa shape index (κ3) is 2.74. The lowest BCUT2D eigenvalue weighted by molar-refractivity contribution is 0.715. The first-order valence-electron chi connectivity index (χ1n) is 5.83. The molecule has 0 radical (unpaired) electrons. The minimum absolute atomic E-state index is 0.560. The lowest BCUT2D eigenvalue weighted by atomic mass is 10.3. The van der Waals surface area contributed by atoms with Gasteiger partial charge in [0.2, 0.25) is 5.16 Å². The smallest absolute Gasteiger partial charge is 0.212 e. The van der Waals surface area contributed by atoms with E-state index in [1.165, 1.54) is 0 Å². The monoisotopic (exact) mass is 293 g/mol. The van der Waals surface area contributed by atoms with Crippen molar-refractivity contribution in [3.8, 4) is 0 Å². The topological polar surface area (TPSA) is 55.1 Å². The average Bonchev–Trinajstić information content (AvgIpc) is 2.79. The first kappa shape index (κ1) is 12.5. The minimum atomic E-state index is 0.560. The number of hydrogen-bond acceptors (Lipinski definition) is 5. The molecular weight excluding hydrogens is 282 g/mol. The van der Waals surface area contributed by atoms with Crippen LogP contribution in [0.25, 0.3) is 0 Å². The second-order valence-corrected chi connectivity index (χ2v) is 5.58. The summed E-state index contributed by atoms with van der Waals surface area (Å²) in [5.41, 5.74) is 2.02. The Kier molecular flexibility index (Phi) is 3.44. The molecule has 0 saturated carbocycles. The number of hydrogen-bond donors (Lipinski definition) is 1. The molecule has 0 bridgehead atoms. The summed E-state index contributed by atoms with van der Waals surface area (Å²) in [7, 11) is 0. The third-order valence-electron chi connectivity index (χ3n) is 2.63. The van der Waals surface area contributed by atoms with Crippen LogP contribution in [-0.4, -0.2) is 26.3 Å². The first-order chi connectivity index (χ1) is 9.22. The minimum Gasteiger partial charge on any atom is -0.378 e. The number of rotatable bonds is 3. The molecule has 1 aromatic heterocycles. The number of thioether (sulfide) groups is 1. The number of benzene rings is 1. The Morgan fingerprint density at radius 1 is 1.42 bits per heavy atom. The Morgan fingerprint density at radius 3 is 3.16 bits per heavy atom. The van der Waals surface area contributed by atoms with E-state index in [0.29, 0.717) is 11.6 Å². The predicted molar refractivity (Wildman–Crippen MR) is 78.0 cm³/mol. The van der Waals surface area contributed by atoms with Crippen LogP contribution in [0.1, 0.15) is 12.7 Å². The third-order valence-corrected chi connectivity index (χ3v) is 3.94. The second-order valence-electron chi connectivity index (χ2n) is 4.20. The van der Waals surface area contributed by atoms with Crippen molar-refractivity contribution >= 4 is 34.8 Å². The van der Waals surface area contributed by atoms with Gasteiger partial charge in [-0.25, -0.2) is 0 Å². The first-order valence-corrected chi connectivity index (χ1v) is 7.20. The molecule has 0 amide bonds. The second kappa shape index (κ2) is 5.22. The highest BCUT2D eigenvalue weighted by Crippen LogP contribution is 2.22. The van der Waals surface area contributed by atoms with E-state index < -0.39 is 0 Å². The zero-order chi connectivity index (χ0) is 13.2. The van der Waals surface area contributed by atoms with E-state index in [9.17, 15) is 0 Å². The largest absolute Gasteiger partial charge is 0.378 e. The van der Waals surface area contributed by atoms with Crippen LogP contribution in [0, 0.1) is 0 Å². The molecule has 2 heterocycles. The van der Waals surface area contributed by atoms with Crippen LogP contribution in [-0.2, 0) is 6.54 Å². The maximum atomic E-state index is 5.94. The normalized spacial score (nSPS) is 13.9. The lowest BCUT2D eigenvalue weighted by Crippen LogP contribution is -2.12. The van der Waals surface area contributed by atoms with E-state index in [-0.39, 0.29) is 0 Å². The van der Waals surface area contributed by atoms with Crippen LogP contribution >= 0.6 is 23.4 Å². The van der Waals surface area contributed by atoms with Gasteiger partial charge in [-0.15, -0.1) is 10.2 Å². The molecule has 1 N–H and O–H groups in total. The van der Waals surface area contributed by atoms with Crippen molar-refractivity contribution in [2.45, 2.75) is 18.6 Å². The average molecular weight is 294 g/mol. The van der Waals surface area contributed by atoms with Gasteiger partial charge in [0.25, 0.3) is 0 Å². The molecule has 19 heavy (non-hydrogen) atoms. The molecule has 5 nitrogen and oxygen atoms in total. The summed E-state index contributed by atoms with van der Waals surface area (Å²) in [5.74, 6) is 1.67. The van der Waals surface area contributed by atoms with Gasteiger partial charge >= 0.3 is 0 Å². The van der Waals surface area contributed by atoms with Gasteiger partial charge in [0.15, 0.2) is 5.82 Å². The van der Waals surface area contributed by atoms with Crippen molar-refractivity contribution in [1.29, 1.82) is 0 Å². The molecule has 0 aliphatic carbocycles. The Balaban J connectivity index is 1.77. The summed E-state index contributed by atoms with van der Waals surface area (Å²) in [6.07, 6.45) is 0. The Hall–Kier alpha value is -1.53. The van der Waals surface area contributed by atoms with Gasteiger partial charge in [-0.3, -0.25) is 0 Å². The highest BCUT2D eigenvalue weighted by atomic mass is 35.5. The number of fused-ring (bicyclic) bond motifs is 1. The number of aromatic nitrogens is 3. The van der Waals surface area contributed by atoms with Crippen molar-refractivity contribution < 1.29 is 0 Å². The van der Waals surface area contributed by atoms with Crippen molar-refractivity contribution in [2.75, 3.05) is 11.1 Å². The van der Waals surface area contributed by atoms with Gasteiger partial charge in [0.1, 0.15) is 0 Å². The summed E-state index contributed by atoms with van der Waals surface area (Å²) in [4.78, 5) is 0. The number of nitrogens with zero attached hydrogens (tertiary/aromatic N) is 4. The van der Waals surface area contributed by atoms with Crippen LogP contribution in [0.5, 0.6) is 0 Å². The summed E-state index contributed by atoms with van der Waals surface area (Å²) >= 11 is 7.59. The molecule has 0 fully saturated rings. The van der Waals surface area contributed by atoms with Crippen LogP contribution in [0.15, 0.2) is 34.5 Å². The molecule has 0 atom stereocenters. The highest BCUT2D eigenvalue weighted by Gasteiger charge is 2.16. The number of nitrogens with one attached hydrogen (secondary N) is 1. The Labute approximate surface area is 120 Å². The fourth-order valence-corrected chi connectivity index (χ4v) is 2.70. The zero-order valence-corrected chi connectivity index (χ0v) is 11.9. The highest BCUT2D eigenvalue weighted by molar-refractivity contribution is 7.99. The van der Waals surface area contributed by atoms with Gasteiger partial charge in [-0.1, -0.05) is 29.4 Å². The molecule has 3 rings (SSSR count). The van der Waals surface area contributed by atoms with E-state index in [0.717, 1.165) is 28.1 Å². The predicted octanol–water partition coefficient (Wildman–Crippen LogP) is 2.87. The van der Waals surface area contributed by atoms with Crippen LogP contribution in [0.4, 0.5) is 5.69 Å². The Bertz CT molecular complexity index is 637. The van der Waals surface area contributed by atoms with Crippen LogP contribution in [0.3, 0.4) is 0 Å². The molecule has 0 saturated heterocycles. The molecule has 98 valence electrons. The van der Waals surface area contributed by atoms with Crippen molar-refractivity contribution in [1.82, 2.24) is 14.9 Å². The van der Waals surface area contributed by atoms with E-state index >= 15 is 0 Å². The van der Waals surface area contributed by atoms with Gasteiger partial charge in [0, 0.05) is 22.2 Å². The molecular formula is C12H12ClN5S. The number of anilines is 1. The van der Waals surface area contributed by atoms with Crippen molar-refractivity contribution in [3.05, 3.63) is 35.1 Å². The molecule has 2 aromatic rings. The Morgan fingerprint density at radius 2 is 2.32 bits per heavy atom. The van der Waals surface area contributed by atoms with Gasteiger partial charge in [-0.2, -0.15) is 9.78 Å². The fourth-order valence-electron chi connectivity index (χ4n) is 1.74. The molecule has 0 spiro atoms. The molecule has 1 aromatic carbocycles. The maximum Gasteiger partial charge on any atom is 0.212 e. The van der Waals surface area contributed by atoms with E-state index in [4.69, 9.17) is 11.6 Å². The van der Waals surface area contributed by atoms with Gasteiger partial charge in [0.05, 0.1) is 6.54 Å². The summed E-state index contributed by atoms with van der Waals surface area (Å²) in [6.45, 7) is 2.56. The molecule has 1 aliphatic heterocycles. The summed E-state index contributed by atoms with van der Waals surface area (Å²) < 4.78 is 1.79. The zero-order valence-electron chi connectivity index (χ0n) is 10.3. The standard InChI is InChI=1S/C12H12ClN5S/c1-8-7-19-12-16-15-11(18(12)17-8)6-14-10-4-2-3-9(13)5-10/h2-5,14H,6-7H2,1H3.